The smallest absolute Gasteiger partial charge is 0.0227 e. The molecule has 0 nitrogen and oxygen atoms in total. The normalized spacial score (nSPS) is 11.9. The summed E-state index contributed by atoms with van der Waals surface area (Å²) in [6.45, 7) is 4.25. The lowest BCUT2D eigenvalue weighted by atomic mass is 10.1. The van der Waals surface area contributed by atoms with E-state index < -0.39 is 0 Å². The molecule has 0 heteroatoms. The molecule has 0 saturated carbocycles. The molecule has 0 radical (unpaired) electrons. The minimum Gasteiger partial charge on any atom is -0.0622 e. The predicted molar refractivity (Wildman–Crippen MR) is 89.6 cm³/mol. The Morgan fingerprint density at radius 2 is 0.950 bits per heavy atom. The molecule has 0 aliphatic rings. The summed E-state index contributed by atoms with van der Waals surface area (Å²) in [5.74, 6) is 0. The Morgan fingerprint density at radius 1 is 0.550 bits per heavy atom. The summed E-state index contributed by atoms with van der Waals surface area (Å²) in [7, 11) is 0. The minimum atomic E-state index is 1.26. The second-order valence-electron chi connectivity index (χ2n) is 4.82. The second kappa shape index (κ2) is 7.30. The molecule has 0 heterocycles. The fourth-order valence-corrected chi connectivity index (χ4v) is 1.99. The Labute approximate surface area is 121 Å². The van der Waals surface area contributed by atoms with Crippen LogP contribution in [0.2, 0.25) is 0 Å². The second-order valence-corrected chi connectivity index (χ2v) is 4.82. The molecule has 2 aromatic carbocycles. The van der Waals surface area contributed by atoms with Gasteiger partial charge in [0.25, 0.3) is 0 Å². The average molecular weight is 260 g/mol. The van der Waals surface area contributed by atoms with Crippen LogP contribution in [0, 0.1) is 13.8 Å². The third-order valence-electron chi connectivity index (χ3n) is 3.26. The maximum absolute atomic E-state index is 2.13. The van der Waals surface area contributed by atoms with Crippen LogP contribution in [0.1, 0.15) is 22.3 Å². The van der Waals surface area contributed by atoms with Crippen molar-refractivity contribution in [2.24, 2.45) is 0 Å². The lowest BCUT2D eigenvalue weighted by Gasteiger charge is -1.97. The third kappa shape index (κ3) is 4.10. The molecule has 0 N–H and O–H groups in total. The van der Waals surface area contributed by atoms with Crippen molar-refractivity contribution >= 4 is 12.2 Å². The van der Waals surface area contributed by atoms with E-state index in [0.717, 1.165) is 0 Å². The van der Waals surface area contributed by atoms with E-state index in [4.69, 9.17) is 0 Å². The van der Waals surface area contributed by atoms with Crippen LogP contribution < -0.4 is 0 Å². The molecule has 0 atom stereocenters. The van der Waals surface area contributed by atoms with Gasteiger partial charge in [-0.3, -0.25) is 0 Å². The number of allylic oxidation sites excluding steroid dienone is 4. The van der Waals surface area contributed by atoms with E-state index in [1.54, 1.807) is 0 Å². The van der Waals surface area contributed by atoms with Gasteiger partial charge in [0.2, 0.25) is 0 Å². The number of hydrogen-bond donors (Lipinski definition) is 0. The number of benzene rings is 2. The van der Waals surface area contributed by atoms with Gasteiger partial charge in [-0.1, -0.05) is 85.0 Å². The van der Waals surface area contributed by atoms with Crippen molar-refractivity contribution in [1.29, 1.82) is 0 Å². The molecule has 0 unspecified atom stereocenters. The summed E-state index contributed by atoms with van der Waals surface area (Å²) in [6.07, 6.45) is 12.5. The van der Waals surface area contributed by atoms with Crippen molar-refractivity contribution in [3.63, 3.8) is 0 Å². The van der Waals surface area contributed by atoms with Gasteiger partial charge in [0, 0.05) is 0 Å². The standard InChI is InChI=1S/C20H20/c1-17-11-7-9-15-19(17)13-5-3-4-6-14-20-16-10-8-12-18(20)2/h3-16H,1-2H3/b4-3+,13-5+,14-6+. The molecule has 100 valence electrons. The van der Waals surface area contributed by atoms with Gasteiger partial charge in [0.15, 0.2) is 0 Å². The molecule has 2 rings (SSSR count). The van der Waals surface area contributed by atoms with E-state index in [-0.39, 0.29) is 0 Å². The molecule has 0 amide bonds. The fourth-order valence-electron chi connectivity index (χ4n) is 1.99. The van der Waals surface area contributed by atoms with Gasteiger partial charge >= 0.3 is 0 Å². The predicted octanol–water partition coefficient (Wildman–Crippen LogP) is 5.59. The zero-order chi connectivity index (χ0) is 14.2. The zero-order valence-electron chi connectivity index (χ0n) is 12.1. The first-order valence-corrected chi connectivity index (χ1v) is 6.90. The molecule has 0 fully saturated rings. The maximum atomic E-state index is 2.13. The first-order chi connectivity index (χ1) is 9.77. The van der Waals surface area contributed by atoms with Gasteiger partial charge in [-0.2, -0.15) is 0 Å². The first kappa shape index (κ1) is 14.1. The van der Waals surface area contributed by atoms with Gasteiger partial charge in [0.1, 0.15) is 0 Å². The van der Waals surface area contributed by atoms with Gasteiger partial charge in [-0.05, 0) is 36.1 Å². The molecule has 2 aromatic rings. The van der Waals surface area contributed by atoms with Gasteiger partial charge in [0.05, 0.1) is 0 Å². The monoisotopic (exact) mass is 260 g/mol. The van der Waals surface area contributed by atoms with Gasteiger partial charge in [-0.15, -0.1) is 0 Å². The maximum Gasteiger partial charge on any atom is -0.0227 e. The van der Waals surface area contributed by atoms with Crippen molar-refractivity contribution in [2.45, 2.75) is 13.8 Å². The number of rotatable bonds is 4. The molecule has 0 spiro atoms. The van der Waals surface area contributed by atoms with Crippen molar-refractivity contribution < 1.29 is 0 Å². The molecule has 0 saturated heterocycles. The lowest BCUT2D eigenvalue weighted by molar-refractivity contribution is 1.44. The van der Waals surface area contributed by atoms with E-state index in [1.165, 1.54) is 22.3 Å². The Morgan fingerprint density at radius 3 is 1.35 bits per heavy atom. The van der Waals surface area contributed by atoms with Crippen LogP contribution in [0.5, 0.6) is 0 Å². The molecule has 20 heavy (non-hydrogen) atoms. The SMILES string of the molecule is Cc1ccccc1/C=C/C=C/C=C/c1ccccc1C. The lowest BCUT2D eigenvalue weighted by Crippen LogP contribution is -1.77. The van der Waals surface area contributed by atoms with Crippen LogP contribution in [0.3, 0.4) is 0 Å². The first-order valence-electron chi connectivity index (χ1n) is 6.90. The van der Waals surface area contributed by atoms with Gasteiger partial charge in [-0.25, -0.2) is 0 Å². The van der Waals surface area contributed by atoms with Crippen LogP contribution in [0.15, 0.2) is 72.8 Å². The zero-order valence-corrected chi connectivity index (χ0v) is 12.1. The van der Waals surface area contributed by atoms with Crippen molar-refractivity contribution in [3.05, 3.63) is 95.1 Å². The van der Waals surface area contributed by atoms with E-state index >= 15 is 0 Å². The quantitative estimate of drug-likeness (QED) is 0.629. The van der Waals surface area contributed by atoms with Crippen LogP contribution in [-0.4, -0.2) is 0 Å². The summed E-state index contributed by atoms with van der Waals surface area (Å²) in [4.78, 5) is 0. The molecule has 0 aromatic heterocycles. The highest BCUT2D eigenvalue weighted by atomic mass is 13.9. The summed E-state index contributed by atoms with van der Waals surface area (Å²) >= 11 is 0. The summed E-state index contributed by atoms with van der Waals surface area (Å²) < 4.78 is 0. The van der Waals surface area contributed by atoms with Crippen LogP contribution in [0.25, 0.3) is 12.2 Å². The highest BCUT2D eigenvalue weighted by Gasteiger charge is 1.89. The topological polar surface area (TPSA) is 0 Å². The fraction of sp³-hybridized carbons (Fsp3) is 0.100. The van der Waals surface area contributed by atoms with Crippen LogP contribution in [0.4, 0.5) is 0 Å². The Bertz CT molecular complexity index is 585. The molecular weight excluding hydrogens is 240 g/mol. The van der Waals surface area contributed by atoms with E-state index in [9.17, 15) is 0 Å². The summed E-state index contributed by atoms with van der Waals surface area (Å²) in [5.41, 5.74) is 5.13. The molecular formula is C20H20. The third-order valence-corrected chi connectivity index (χ3v) is 3.26. The van der Waals surface area contributed by atoms with E-state index in [0.29, 0.717) is 0 Å². The van der Waals surface area contributed by atoms with Crippen LogP contribution in [-0.2, 0) is 0 Å². The van der Waals surface area contributed by atoms with Crippen molar-refractivity contribution in [2.75, 3.05) is 0 Å². The molecule has 0 bridgehead atoms. The molecule has 0 aliphatic carbocycles. The van der Waals surface area contributed by atoms with E-state index in [2.05, 4.69) is 98.8 Å². The summed E-state index contributed by atoms with van der Waals surface area (Å²) in [6, 6.07) is 16.8. The highest BCUT2D eigenvalue weighted by molar-refractivity contribution is 5.57. The number of aryl methyl sites for hydroxylation is 2. The van der Waals surface area contributed by atoms with Crippen LogP contribution >= 0.6 is 0 Å². The van der Waals surface area contributed by atoms with Crippen molar-refractivity contribution in [3.8, 4) is 0 Å². The number of hydrogen-bond acceptors (Lipinski definition) is 0. The Hall–Kier alpha value is -2.34. The largest absolute Gasteiger partial charge is 0.0622 e. The van der Waals surface area contributed by atoms with Crippen molar-refractivity contribution in [1.82, 2.24) is 0 Å². The molecule has 0 aliphatic heterocycles. The summed E-state index contributed by atoms with van der Waals surface area (Å²) in [5, 5.41) is 0. The van der Waals surface area contributed by atoms with E-state index in [1.807, 2.05) is 0 Å². The average Bonchev–Trinajstić information content (AvgIpc) is 2.46. The minimum absolute atomic E-state index is 1.26. The highest BCUT2D eigenvalue weighted by Crippen LogP contribution is 2.10. The van der Waals surface area contributed by atoms with Gasteiger partial charge < -0.3 is 0 Å². The Kier molecular flexibility index (Phi) is 5.14. The Balaban J connectivity index is 1.95.